The van der Waals surface area contributed by atoms with Gasteiger partial charge in [-0.15, -0.1) is 0 Å². The van der Waals surface area contributed by atoms with Gasteiger partial charge in [0.05, 0.1) is 0 Å². The molecule has 0 unspecified atom stereocenters. The molecule has 0 aromatic carbocycles. The van der Waals surface area contributed by atoms with E-state index in [0.29, 0.717) is 11.3 Å². The first-order chi connectivity index (χ1) is 7.58. The summed E-state index contributed by atoms with van der Waals surface area (Å²) in [5.41, 5.74) is 6.39. The van der Waals surface area contributed by atoms with E-state index >= 15 is 0 Å². The first kappa shape index (κ1) is 11.7. The van der Waals surface area contributed by atoms with E-state index in [-0.39, 0.29) is 5.41 Å². The Morgan fingerprint density at radius 3 is 2.44 bits per heavy atom. The van der Waals surface area contributed by atoms with Crippen LogP contribution < -0.4 is 11.1 Å². The molecule has 2 saturated carbocycles. The Morgan fingerprint density at radius 1 is 1.31 bits per heavy atom. The van der Waals surface area contributed by atoms with E-state index in [1.165, 1.54) is 32.1 Å². The number of nitrogens with zero attached hydrogens (tertiary/aromatic N) is 1. The highest BCUT2D eigenvalue weighted by Crippen LogP contribution is 2.48. The number of oxime groups is 1. The highest BCUT2D eigenvalue weighted by atomic mass is 16.4. The zero-order valence-electron chi connectivity index (χ0n) is 10.1. The molecule has 0 spiro atoms. The molecule has 0 bridgehead atoms. The van der Waals surface area contributed by atoms with E-state index in [4.69, 9.17) is 10.9 Å². The summed E-state index contributed by atoms with van der Waals surface area (Å²) < 4.78 is 0. The lowest BCUT2D eigenvalue weighted by molar-refractivity contribution is 0.154. The van der Waals surface area contributed by atoms with Crippen LogP contribution >= 0.6 is 0 Å². The fraction of sp³-hybridized carbons (Fsp3) is 0.917. The smallest absolute Gasteiger partial charge is 0.139 e. The van der Waals surface area contributed by atoms with Gasteiger partial charge in [0, 0.05) is 19.5 Å². The molecule has 0 saturated heterocycles. The van der Waals surface area contributed by atoms with E-state index in [2.05, 4.69) is 17.4 Å². The monoisotopic (exact) mass is 225 g/mol. The Hall–Kier alpha value is -0.770. The van der Waals surface area contributed by atoms with Crippen LogP contribution in [0.15, 0.2) is 5.16 Å². The molecule has 2 rings (SSSR count). The molecule has 0 aromatic heterocycles. The molecular weight excluding hydrogens is 202 g/mol. The van der Waals surface area contributed by atoms with E-state index in [9.17, 15) is 0 Å². The van der Waals surface area contributed by atoms with Crippen LogP contribution in [0.1, 0.15) is 45.4 Å². The van der Waals surface area contributed by atoms with Gasteiger partial charge in [0.15, 0.2) is 0 Å². The molecule has 0 aliphatic heterocycles. The third kappa shape index (κ3) is 2.67. The van der Waals surface area contributed by atoms with E-state index < -0.39 is 0 Å². The SMILES string of the molecule is CC1(CNCC2(CC(N)=NO)CC2)CCC1. The van der Waals surface area contributed by atoms with E-state index in [1.54, 1.807) is 0 Å². The van der Waals surface area contributed by atoms with Crippen LogP contribution in [0.25, 0.3) is 0 Å². The number of hydrogen-bond acceptors (Lipinski definition) is 3. The molecule has 2 aliphatic carbocycles. The quantitative estimate of drug-likeness (QED) is 0.279. The topological polar surface area (TPSA) is 70.6 Å². The molecule has 0 radical (unpaired) electrons. The zero-order valence-corrected chi connectivity index (χ0v) is 10.1. The van der Waals surface area contributed by atoms with Gasteiger partial charge in [0.1, 0.15) is 5.84 Å². The maximum Gasteiger partial charge on any atom is 0.139 e. The number of hydrogen-bond donors (Lipinski definition) is 3. The molecule has 0 atom stereocenters. The first-order valence-corrected chi connectivity index (χ1v) is 6.25. The number of nitrogens with one attached hydrogen (secondary N) is 1. The summed E-state index contributed by atoms with van der Waals surface area (Å²) in [7, 11) is 0. The highest BCUT2D eigenvalue weighted by molar-refractivity contribution is 5.80. The average molecular weight is 225 g/mol. The van der Waals surface area contributed by atoms with Gasteiger partial charge in [-0.3, -0.25) is 0 Å². The second kappa shape index (κ2) is 4.24. The number of amidine groups is 1. The van der Waals surface area contributed by atoms with E-state index in [0.717, 1.165) is 19.5 Å². The minimum atomic E-state index is 0.288. The van der Waals surface area contributed by atoms with Crippen LogP contribution in [-0.4, -0.2) is 24.1 Å². The van der Waals surface area contributed by atoms with Gasteiger partial charge in [-0.1, -0.05) is 18.5 Å². The molecule has 4 nitrogen and oxygen atoms in total. The second-order valence-electron chi connectivity index (χ2n) is 6.04. The van der Waals surface area contributed by atoms with Crippen molar-refractivity contribution in [1.29, 1.82) is 0 Å². The maximum atomic E-state index is 8.57. The van der Waals surface area contributed by atoms with Crippen LogP contribution in [-0.2, 0) is 0 Å². The lowest BCUT2D eigenvalue weighted by Gasteiger charge is -2.39. The van der Waals surface area contributed by atoms with Gasteiger partial charge < -0.3 is 16.3 Å². The highest BCUT2D eigenvalue weighted by Gasteiger charge is 2.43. The van der Waals surface area contributed by atoms with Crippen molar-refractivity contribution < 1.29 is 5.21 Å². The number of rotatable bonds is 6. The van der Waals surface area contributed by atoms with Crippen molar-refractivity contribution in [2.75, 3.05) is 13.1 Å². The minimum absolute atomic E-state index is 0.288. The fourth-order valence-electron chi connectivity index (χ4n) is 2.60. The van der Waals surface area contributed by atoms with Crippen LogP contribution in [0.3, 0.4) is 0 Å². The summed E-state index contributed by atoms with van der Waals surface area (Å²) >= 11 is 0. The van der Waals surface area contributed by atoms with Crippen molar-refractivity contribution in [3.63, 3.8) is 0 Å². The molecule has 0 heterocycles. The van der Waals surface area contributed by atoms with Gasteiger partial charge >= 0.3 is 0 Å². The van der Waals surface area contributed by atoms with Gasteiger partial charge in [-0.2, -0.15) is 0 Å². The molecule has 92 valence electrons. The Labute approximate surface area is 97.3 Å². The van der Waals surface area contributed by atoms with Crippen LogP contribution in [0, 0.1) is 10.8 Å². The van der Waals surface area contributed by atoms with Crippen molar-refractivity contribution in [1.82, 2.24) is 5.32 Å². The Morgan fingerprint density at radius 2 is 2.00 bits per heavy atom. The summed E-state index contributed by atoms with van der Waals surface area (Å²) in [6, 6.07) is 0. The lowest BCUT2D eigenvalue weighted by atomic mass is 9.70. The second-order valence-corrected chi connectivity index (χ2v) is 6.04. The molecular formula is C12H23N3O. The summed E-state index contributed by atoms with van der Waals surface area (Å²) in [4.78, 5) is 0. The number of nitrogens with two attached hydrogens (primary N) is 1. The minimum Gasteiger partial charge on any atom is -0.409 e. The Balaban J connectivity index is 1.69. The zero-order chi connectivity index (χ0) is 11.6. The molecule has 0 aromatic rings. The predicted molar refractivity (Wildman–Crippen MR) is 64.5 cm³/mol. The molecule has 0 amide bonds. The Kier molecular flexibility index (Phi) is 3.10. The van der Waals surface area contributed by atoms with Gasteiger partial charge in [-0.05, 0) is 36.5 Å². The van der Waals surface area contributed by atoms with Crippen molar-refractivity contribution >= 4 is 5.84 Å². The van der Waals surface area contributed by atoms with Gasteiger partial charge in [0.25, 0.3) is 0 Å². The molecule has 16 heavy (non-hydrogen) atoms. The normalized spacial score (nSPS) is 26.2. The molecule has 4 N–H and O–H groups in total. The summed E-state index contributed by atoms with van der Waals surface area (Å²) in [6.45, 7) is 4.48. The molecule has 2 aliphatic rings. The maximum absolute atomic E-state index is 8.57. The summed E-state index contributed by atoms with van der Waals surface area (Å²) in [5.74, 6) is 0.370. The average Bonchev–Trinajstić information content (AvgIpc) is 2.95. The van der Waals surface area contributed by atoms with Gasteiger partial charge in [-0.25, -0.2) is 0 Å². The lowest BCUT2D eigenvalue weighted by Crippen LogP contribution is -2.40. The third-order valence-electron chi connectivity index (χ3n) is 4.25. The predicted octanol–water partition coefficient (Wildman–Crippen LogP) is 1.68. The first-order valence-electron chi connectivity index (χ1n) is 6.25. The summed E-state index contributed by atoms with van der Waals surface area (Å²) in [6.07, 6.45) is 7.22. The third-order valence-corrected chi connectivity index (χ3v) is 4.25. The van der Waals surface area contributed by atoms with Crippen LogP contribution in [0.4, 0.5) is 0 Å². The van der Waals surface area contributed by atoms with Crippen molar-refractivity contribution in [2.24, 2.45) is 21.7 Å². The van der Waals surface area contributed by atoms with Crippen LogP contribution in [0.2, 0.25) is 0 Å². The van der Waals surface area contributed by atoms with Gasteiger partial charge in [0.2, 0.25) is 0 Å². The summed E-state index contributed by atoms with van der Waals surface area (Å²) in [5, 5.41) is 15.2. The largest absolute Gasteiger partial charge is 0.409 e. The molecule has 4 heteroatoms. The standard InChI is InChI=1S/C12H23N3O/c1-11(3-2-4-11)8-14-9-12(5-6-12)7-10(13)15-16/h14,16H,2-9H2,1H3,(H2,13,15). The van der Waals surface area contributed by atoms with Crippen molar-refractivity contribution in [2.45, 2.75) is 45.4 Å². The van der Waals surface area contributed by atoms with E-state index in [1.807, 2.05) is 0 Å². The Bertz CT molecular complexity index is 280. The fourth-order valence-corrected chi connectivity index (χ4v) is 2.60. The van der Waals surface area contributed by atoms with Crippen molar-refractivity contribution in [3.8, 4) is 0 Å². The molecule has 2 fully saturated rings. The van der Waals surface area contributed by atoms with Crippen LogP contribution in [0.5, 0.6) is 0 Å². The van der Waals surface area contributed by atoms with Crippen molar-refractivity contribution in [3.05, 3.63) is 0 Å².